The number of carboxylic acid groups (broad SMARTS) is 1. The number of carbonyl (C=O) groups excluding carboxylic acids is 2. The van der Waals surface area contributed by atoms with Gasteiger partial charge >= 0.3 is 5.97 Å². The van der Waals surface area contributed by atoms with Crippen LogP contribution in [-0.2, 0) is 14.3 Å². The van der Waals surface area contributed by atoms with Crippen LogP contribution in [0.1, 0.15) is 38.3 Å². The number of carbonyl (C=O) groups is 3. The van der Waals surface area contributed by atoms with Crippen LogP contribution in [0.2, 0.25) is 0 Å². The molecule has 3 rings (SSSR count). The normalized spacial score (nSPS) is 12.4. The van der Waals surface area contributed by atoms with Crippen LogP contribution in [0, 0.1) is 0 Å². The predicted molar refractivity (Wildman–Crippen MR) is 115 cm³/mol. The number of benzene rings is 2. The Hall–Kier alpha value is -3.07. The molecule has 0 atom stereocenters. The lowest BCUT2D eigenvalue weighted by atomic mass is 9.83. The number of rotatable bonds is 13. The standard InChI is InChI=1S/C23H26N2O6/c26-20(27)15-24-10-12-31-14-13-30-11-4-9-25-19-8-3-7-18-21(19)23(29)17-6-2-1-5-16(17)22(18)28/h1-3,5-8,24-25H,4,9-15H2,(H,26,27). The third-order valence-electron chi connectivity index (χ3n) is 4.80. The minimum absolute atomic E-state index is 0.0796. The highest BCUT2D eigenvalue weighted by molar-refractivity contribution is 6.30. The Kier molecular flexibility index (Phi) is 8.28. The number of fused-ring (bicyclic) bond motifs is 2. The average Bonchev–Trinajstić information content (AvgIpc) is 2.77. The highest BCUT2D eigenvalue weighted by Crippen LogP contribution is 2.31. The van der Waals surface area contributed by atoms with Crippen LogP contribution in [0.5, 0.6) is 0 Å². The highest BCUT2D eigenvalue weighted by atomic mass is 16.5. The van der Waals surface area contributed by atoms with E-state index in [9.17, 15) is 14.4 Å². The summed E-state index contributed by atoms with van der Waals surface area (Å²) in [5, 5.41) is 14.5. The Labute approximate surface area is 180 Å². The molecule has 1 aliphatic carbocycles. The van der Waals surface area contributed by atoms with Crippen molar-refractivity contribution >= 4 is 23.2 Å². The van der Waals surface area contributed by atoms with Gasteiger partial charge in [0, 0.05) is 42.1 Å². The number of ketones is 2. The largest absolute Gasteiger partial charge is 0.480 e. The van der Waals surface area contributed by atoms with E-state index < -0.39 is 5.97 Å². The minimum Gasteiger partial charge on any atom is -0.480 e. The van der Waals surface area contributed by atoms with E-state index in [1.54, 1.807) is 36.4 Å². The summed E-state index contributed by atoms with van der Waals surface area (Å²) in [7, 11) is 0. The molecule has 8 nitrogen and oxygen atoms in total. The smallest absolute Gasteiger partial charge is 0.317 e. The molecule has 0 bridgehead atoms. The molecule has 0 aliphatic heterocycles. The van der Waals surface area contributed by atoms with Crippen LogP contribution in [0.25, 0.3) is 0 Å². The van der Waals surface area contributed by atoms with E-state index in [0.717, 1.165) is 6.42 Å². The summed E-state index contributed by atoms with van der Waals surface area (Å²) in [6, 6.07) is 12.2. The number of aliphatic carboxylic acids is 1. The predicted octanol–water partition coefficient (Wildman–Crippen LogP) is 1.97. The van der Waals surface area contributed by atoms with Gasteiger partial charge in [-0.15, -0.1) is 0 Å². The number of ether oxygens (including phenoxy) is 2. The summed E-state index contributed by atoms with van der Waals surface area (Å²) in [6.07, 6.45) is 0.725. The number of anilines is 1. The van der Waals surface area contributed by atoms with Crippen LogP contribution >= 0.6 is 0 Å². The quantitative estimate of drug-likeness (QED) is 0.356. The second-order valence-corrected chi connectivity index (χ2v) is 7.01. The average molecular weight is 426 g/mol. The molecule has 0 amide bonds. The Bertz CT molecular complexity index is 943. The Morgan fingerprint density at radius 1 is 0.806 bits per heavy atom. The molecule has 0 unspecified atom stereocenters. The van der Waals surface area contributed by atoms with E-state index in [2.05, 4.69) is 10.6 Å². The second-order valence-electron chi connectivity index (χ2n) is 7.01. The van der Waals surface area contributed by atoms with Crippen molar-refractivity contribution in [2.45, 2.75) is 6.42 Å². The molecule has 1 aliphatic rings. The van der Waals surface area contributed by atoms with Crippen molar-refractivity contribution < 1.29 is 29.0 Å². The van der Waals surface area contributed by atoms with Crippen molar-refractivity contribution in [1.29, 1.82) is 0 Å². The molecule has 0 saturated heterocycles. The summed E-state index contributed by atoms with van der Waals surface area (Å²) in [6.45, 7) is 2.83. The van der Waals surface area contributed by atoms with E-state index in [1.807, 2.05) is 6.07 Å². The monoisotopic (exact) mass is 426 g/mol. The lowest BCUT2D eigenvalue weighted by Crippen LogP contribution is -2.26. The molecule has 0 spiro atoms. The molecule has 2 aromatic rings. The second kappa shape index (κ2) is 11.4. The van der Waals surface area contributed by atoms with Gasteiger partial charge in [0.25, 0.3) is 0 Å². The number of nitrogens with one attached hydrogen (secondary N) is 2. The molecular weight excluding hydrogens is 400 g/mol. The SMILES string of the molecule is O=C(O)CNCCOCCOCCCNc1cccc2c1C(=O)c1ccccc1C2=O. The topological polar surface area (TPSA) is 114 Å². The molecule has 164 valence electrons. The van der Waals surface area contributed by atoms with Crippen molar-refractivity contribution in [3.8, 4) is 0 Å². The lowest BCUT2D eigenvalue weighted by molar-refractivity contribution is -0.136. The van der Waals surface area contributed by atoms with Crippen LogP contribution in [0.3, 0.4) is 0 Å². The fourth-order valence-corrected chi connectivity index (χ4v) is 3.35. The zero-order valence-corrected chi connectivity index (χ0v) is 17.2. The lowest BCUT2D eigenvalue weighted by Gasteiger charge is -2.20. The van der Waals surface area contributed by atoms with Crippen molar-refractivity contribution in [1.82, 2.24) is 5.32 Å². The van der Waals surface area contributed by atoms with Gasteiger partial charge < -0.3 is 25.2 Å². The molecule has 3 N–H and O–H groups in total. The Morgan fingerprint density at radius 2 is 1.48 bits per heavy atom. The molecule has 0 heterocycles. The van der Waals surface area contributed by atoms with Crippen LogP contribution in [-0.4, -0.2) is 68.7 Å². The van der Waals surface area contributed by atoms with E-state index in [0.29, 0.717) is 67.5 Å². The third-order valence-corrected chi connectivity index (χ3v) is 4.80. The molecular formula is C23H26N2O6. The Balaban J connectivity index is 1.38. The minimum atomic E-state index is -0.895. The highest BCUT2D eigenvalue weighted by Gasteiger charge is 2.31. The maximum atomic E-state index is 12.9. The van der Waals surface area contributed by atoms with Gasteiger partial charge in [0.15, 0.2) is 11.6 Å². The first-order valence-corrected chi connectivity index (χ1v) is 10.2. The van der Waals surface area contributed by atoms with Crippen LogP contribution < -0.4 is 10.6 Å². The summed E-state index contributed by atoms with van der Waals surface area (Å²) in [4.78, 5) is 36.0. The molecule has 2 aromatic carbocycles. The van der Waals surface area contributed by atoms with E-state index in [4.69, 9.17) is 14.6 Å². The zero-order chi connectivity index (χ0) is 22.1. The van der Waals surface area contributed by atoms with Crippen LogP contribution in [0.15, 0.2) is 42.5 Å². The fourth-order valence-electron chi connectivity index (χ4n) is 3.35. The zero-order valence-electron chi connectivity index (χ0n) is 17.2. The van der Waals surface area contributed by atoms with Crippen molar-refractivity contribution in [2.75, 3.05) is 51.4 Å². The number of hydrogen-bond acceptors (Lipinski definition) is 7. The molecule has 0 fully saturated rings. The third kappa shape index (κ3) is 5.97. The van der Waals surface area contributed by atoms with Gasteiger partial charge in [-0.3, -0.25) is 14.4 Å². The molecule has 0 aromatic heterocycles. The summed E-state index contributed by atoms with van der Waals surface area (Å²) >= 11 is 0. The van der Waals surface area contributed by atoms with Crippen molar-refractivity contribution in [3.63, 3.8) is 0 Å². The molecule has 8 heteroatoms. The van der Waals surface area contributed by atoms with E-state index in [-0.39, 0.29) is 18.1 Å². The fraction of sp³-hybridized carbons (Fsp3) is 0.348. The van der Waals surface area contributed by atoms with Gasteiger partial charge in [-0.1, -0.05) is 36.4 Å². The summed E-state index contributed by atoms with van der Waals surface area (Å²) in [5.74, 6) is -1.16. The van der Waals surface area contributed by atoms with Gasteiger partial charge in [-0.25, -0.2) is 0 Å². The van der Waals surface area contributed by atoms with Gasteiger partial charge in [0.1, 0.15) is 0 Å². The maximum Gasteiger partial charge on any atom is 0.317 e. The van der Waals surface area contributed by atoms with Crippen molar-refractivity contribution in [3.05, 3.63) is 64.7 Å². The van der Waals surface area contributed by atoms with Gasteiger partial charge in [-0.2, -0.15) is 0 Å². The molecule has 0 saturated carbocycles. The molecule has 31 heavy (non-hydrogen) atoms. The maximum absolute atomic E-state index is 12.9. The van der Waals surface area contributed by atoms with E-state index in [1.165, 1.54) is 0 Å². The summed E-state index contributed by atoms with van der Waals surface area (Å²) in [5.41, 5.74) is 2.40. The number of hydrogen-bond donors (Lipinski definition) is 3. The first-order chi connectivity index (χ1) is 15.1. The van der Waals surface area contributed by atoms with Gasteiger partial charge in [-0.05, 0) is 12.5 Å². The first kappa shape index (κ1) is 22.6. The van der Waals surface area contributed by atoms with E-state index >= 15 is 0 Å². The first-order valence-electron chi connectivity index (χ1n) is 10.2. The number of carboxylic acids is 1. The van der Waals surface area contributed by atoms with Gasteiger partial charge in [0.05, 0.1) is 31.9 Å². The summed E-state index contributed by atoms with van der Waals surface area (Å²) < 4.78 is 10.9. The van der Waals surface area contributed by atoms with Crippen LogP contribution in [0.4, 0.5) is 5.69 Å². The Morgan fingerprint density at radius 3 is 2.23 bits per heavy atom. The molecule has 0 radical (unpaired) electrons. The van der Waals surface area contributed by atoms with Gasteiger partial charge in [0.2, 0.25) is 0 Å². The van der Waals surface area contributed by atoms with Crippen molar-refractivity contribution in [2.24, 2.45) is 0 Å².